The van der Waals surface area contributed by atoms with E-state index >= 15 is 0 Å². The molecule has 1 aliphatic rings. The molecule has 0 bridgehead atoms. The van der Waals surface area contributed by atoms with E-state index in [1.165, 1.54) is 12.8 Å². The number of ether oxygens (including phenoxy) is 1. The molecule has 18 heavy (non-hydrogen) atoms. The zero-order valence-corrected chi connectivity index (χ0v) is 12.3. The van der Waals surface area contributed by atoms with Crippen molar-refractivity contribution in [3.8, 4) is 0 Å². The Morgan fingerprint density at radius 1 is 1.61 bits per heavy atom. The van der Waals surface area contributed by atoms with Crippen LogP contribution in [0.1, 0.15) is 25.5 Å². The minimum atomic E-state index is 0.616. The Labute approximate surface area is 113 Å². The number of aromatic nitrogens is 1. The Morgan fingerprint density at radius 3 is 3.06 bits per heavy atom. The smallest absolute Gasteiger partial charge is 0.185 e. The van der Waals surface area contributed by atoms with Gasteiger partial charge in [0.15, 0.2) is 5.13 Å². The lowest BCUT2D eigenvalue weighted by molar-refractivity contribution is 0.199. The number of hydrogen-bond acceptors (Lipinski definition) is 5. The first-order valence-corrected chi connectivity index (χ1v) is 7.47. The summed E-state index contributed by atoms with van der Waals surface area (Å²) in [5, 5.41) is 6.60. The molecule has 1 aromatic rings. The molecule has 1 heterocycles. The van der Waals surface area contributed by atoms with E-state index in [-0.39, 0.29) is 0 Å². The standard InChI is InChI=1S/C13H23N3OS/c1-10(11-4-5-11)16(2)13-15-12(9-18-13)8-14-6-7-17-3/h9-11,14H,4-8H2,1-3H3. The van der Waals surface area contributed by atoms with Crippen molar-refractivity contribution < 1.29 is 4.74 Å². The molecule has 0 radical (unpaired) electrons. The van der Waals surface area contributed by atoms with E-state index in [1.807, 2.05) is 0 Å². The Hall–Kier alpha value is -0.650. The van der Waals surface area contributed by atoms with Gasteiger partial charge in [0.05, 0.1) is 12.3 Å². The monoisotopic (exact) mass is 269 g/mol. The fraction of sp³-hybridized carbons (Fsp3) is 0.769. The fourth-order valence-corrected chi connectivity index (χ4v) is 2.88. The van der Waals surface area contributed by atoms with Crippen LogP contribution < -0.4 is 10.2 Å². The molecule has 0 aliphatic heterocycles. The molecule has 4 nitrogen and oxygen atoms in total. The van der Waals surface area contributed by atoms with Crippen molar-refractivity contribution in [1.29, 1.82) is 0 Å². The molecule has 1 fully saturated rings. The predicted octanol–water partition coefficient (Wildman–Crippen LogP) is 2.11. The van der Waals surface area contributed by atoms with Crippen LogP contribution in [0.3, 0.4) is 0 Å². The van der Waals surface area contributed by atoms with Gasteiger partial charge in [0.1, 0.15) is 0 Å². The topological polar surface area (TPSA) is 37.4 Å². The van der Waals surface area contributed by atoms with Gasteiger partial charge in [-0.15, -0.1) is 11.3 Å². The lowest BCUT2D eigenvalue weighted by atomic mass is 10.2. The van der Waals surface area contributed by atoms with E-state index in [0.29, 0.717) is 6.04 Å². The van der Waals surface area contributed by atoms with Crippen molar-refractivity contribution in [2.45, 2.75) is 32.4 Å². The van der Waals surface area contributed by atoms with E-state index < -0.39 is 0 Å². The van der Waals surface area contributed by atoms with Gasteiger partial charge in [0.2, 0.25) is 0 Å². The molecule has 0 amide bonds. The first-order valence-electron chi connectivity index (χ1n) is 6.59. The van der Waals surface area contributed by atoms with Gasteiger partial charge < -0.3 is 15.0 Å². The third-order valence-electron chi connectivity index (χ3n) is 3.55. The molecule has 5 heteroatoms. The highest BCUT2D eigenvalue weighted by atomic mass is 32.1. The van der Waals surface area contributed by atoms with Crippen LogP contribution in [0.5, 0.6) is 0 Å². The van der Waals surface area contributed by atoms with Crippen molar-refractivity contribution in [3.05, 3.63) is 11.1 Å². The summed E-state index contributed by atoms with van der Waals surface area (Å²) >= 11 is 1.74. The third kappa shape index (κ3) is 3.67. The number of rotatable bonds is 8. The van der Waals surface area contributed by atoms with Crippen LogP contribution in [0.2, 0.25) is 0 Å². The number of nitrogens with zero attached hydrogens (tertiary/aromatic N) is 2. The molecule has 1 N–H and O–H groups in total. The van der Waals surface area contributed by atoms with Gasteiger partial charge in [0.25, 0.3) is 0 Å². The lowest BCUT2D eigenvalue weighted by Gasteiger charge is -2.23. The number of hydrogen-bond donors (Lipinski definition) is 1. The molecule has 0 saturated heterocycles. The highest BCUT2D eigenvalue weighted by molar-refractivity contribution is 7.13. The number of nitrogens with one attached hydrogen (secondary N) is 1. The van der Waals surface area contributed by atoms with Crippen molar-refractivity contribution in [3.63, 3.8) is 0 Å². The fourth-order valence-electron chi connectivity index (χ4n) is 2.00. The second-order valence-corrected chi connectivity index (χ2v) is 5.82. The van der Waals surface area contributed by atoms with Crippen molar-refractivity contribution in [2.24, 2.45) is 5.92 Å². The van der Waals surface area contributed by atoms with Gasteiger partial charge in [-0.05, 0) is 25.7 Å². The molecule has 0 aromatic carbocycles. The van der Waals surface area contributed by atoms with Crippen LogP contribution in [-0.4, -0.2) is 38.3 Å². The molecule has 1 unspecified atom stereocenters. The van der Waals surface area contributed by atoms with E-state index in [4.69, 9.17) is 4.74 Å². The maximum Gasteiger partial charge on any atom is 0.185 e. The van der Waals surface area contributed by atoms with E-state index in [0.717, 1.165) is 36.4 Å². The van der Waals surface area contributed by atoms with E-state index in [2.05, 4.69) is 34.6 Å². The Bertz CT molecular complexity index is 365. The molecular weight excluding hydrogens is 246 g/mol. The number of anilines is 1. The third-order valence-corrected chi connectivity index (χ3v) is 4.53. The summed E-state index contributed by atoms with van der Waals surface area (Å²) in [6.45, 7) is 4.74. The average Bonchev–Trinajstić information content (AvgIpc) is 3.12. The SMILES string of the molecule is COCCNCc1csc(N(C)C(C)C2CC2)n1. The van der Waals surface area contributed by atoms with E-state index in [1.54, 1.807) is 18.4 Å². The zero-order chi connectivity index (χ0) is 13.0. The van der Waals surface area contributed by atoms with Crippen LogP contribution in [0, 0.1) is 5.92 Å². The molecule has 2 rings (SSSR count). The van der Waals surface area contributed by atoms with Crippen LogP contribution in [0.4, 0.5) is 5.13 Å². The minimum Gasteiger partial charge on any atom is -0.383 e. The normalized spacial score (nSPS) is 16.8. The number of thiazole rings is 1. The van der Waals surface area contributed by atoms with Crippen LogP contribution in [0.25, 0.3) is 0 Å². The Balaban J connectivity index is 1.81. The van der Waals surface area contributed by atoms with Gasteiger partial charge in [-0.25, -0.2) is 4.98 Å². The quantitative estimate of drug-likeness (QED) is 0.734. The molecule has 1 atom stereocenters. The summed E-state index contributed by atoms with van der Waals surface area (Å²) in [6, 6.07) is 0.616. The largest absolute Gasteiger partial charge is 0.383 e. The highest BCUT2D eigenvalue weighted by Crippen LogP contribution is 2.36. The summed E-state index contributed by atoms with van der Waals surface area (Å²) < 4.78 is 5.00. The summed E-state index contributed by atoms with van der Waals surface area (Å²) in [5.41, 5.74) is 1.13. The van der Waals surface area contributed by atoms with E-state index in [9.17, 15) is 0 Å². The average molecular weight is 269 g/mol. The summed E-state index contributed by atoms with van der Waals surface area (Å²) in [7, 11) is 3.88. The van der Waals surface area contributed by atoms with Crippen LogP contribution >= 0.6 is 11.3 Å². The molecular formula is C13H23N3OS. The van der Waals surface area contributed by atoms with Crippen molar-refractivity contribution in [2.75, 3.05) is 32.2 Å². The second kappa shape index (κ2) is 6.50. The minimum absolute atomic E-state index is 0.616. The maximum atomic E-state index is 5.00. The Morgan fingerprint density at radius 2 is 2.39 bits per heavy atom. The number of methoxy groups -OCH3 is 1. The van der Waals surface area contributed by atoms with Gasteiger partial charge in [-0.1, -0.05) is 0 Å². The molecule has 0 spiro atoms. The maximum absolute atomic E-state index is 5.00. The second-order valence-electron chi connectivity index (χ2n) is 4.98. The summed E-state index contributed by atoms with van der Waals surface area (Å²) in [4.78, 5) is 7.00. The van der Waals surface area contributed by atoms with Crippen molar-refractivity contribution >= 4 is 16.5 Å². The molecule has 1 saturated carbocycles. The Kier molecular flexibility index (Phi) is 4.97. The molecule has 102 valence electrons. The predicted molar refractivity (Wildman–Crippen MR) is 76.3 cm³/mol. The van der Waals surface area contributed by atoms with Crippen LogP contribution in [0.15, 0.2) is 5.38 Å². The lowest BCUT2D eigenvalue weighted by Crippen LogP contribution is -2.30. The summed E-state index contributed by atoms with van der Waals surface area (Å²) in [5.74, 6) is 0.877. The highest BCUT2D eigenvalue weighted by Gasteiger charge is 2.31. The summed E-state index contributed by atoms with van der Waals surface area (Å²) in [6.07, 6.45) is 2.75. The van der Waals surface area contributed by atoms with Crippen LogP contribution in [-0.2, 0) is 11.3 Å². The first-order chi connectivity index (χ1) is 8.72. The van der Waals surface area contributed by atoms with Gasteiger partial charge >= 0.3 is 0 Å². The van der Waals surface area contributed by atoms with Gasteiger partial charge in [-0.3, -0.25) is 0 Å². The van der Waals surface area contributed by atoms with Gasteiger partial charge in [-0.2, -0.15) is 0 Å². The van der Waals surface area contributed by atoms with Gasteiger partial charge in [0, 0.05) is 38.7 Å². The molecule has 1 aromatic heterocycles. The zero-order valence-electron chi connectivity index (χ0n) is 11.5. The first kappa shape index (κ1) is 13.8. The molecule has 1 aliphatic carbocycles. The van der Waals surface area contributed by atoms with Crippen molar-refractivity contribution in [1.82, 2.24) is 10.3 Å².